The molecule has 6 nitrogen and oxygen atoms in total. The van der Waals surface area contributed by atoms with E-state index in [1.165, 1.54) is 0 Å². The molecule has 7 heteroatoms. The summed E-state index contributed by atoms with van der Waals surface area (Å²) in [6.07, 6.45) is 1.61. The molecule has 0 atom stereocenters. The zero-order valence-corrected chi connectivity index (χ0v) is 12.5. The molecule has 108 valence electrons. The number of carbonyl (C=O) groups excluding carboxylic acids is 1. The van der Waals surface area contributed by atoms with Crippen LogP contribution < -0.4 is 16.0 Å². The van der Waals surface area contributed by atoms with Crippen molar-refractivity contribution in [2.45, 2.75) is 19.8 Å². The predicted octanol–water partition coefficient (Wildman–Crippen LogP) is 0.382. The third-order valence-corrected chi connectivity index (χ3v) is 3.70. The summed E-state index contributed by atoms with van der Waals surface area (Å²) in [5.41, 5.74) is 7.06. The van der Waals surface area contributed by atoms with Gasteiger partial charge in [-0.2, -0.15) is 0 Å². The average Bonchev–Trinajstić information content (AvgIpc) is 2.46. The molecule has 2 heterocycles. The summed E-state index contributed by atoms with van der Waals surface area (Å²) in [7, 11) is 1.67. The highest BCUT2D eigenvalue weighted by molar-refractivity contribution is 7.80. The predicted molar refractivity (Wildman–Crippen MR) is 81.7 cm³/mol. The second-order valence-corrected chi connectivity index (χ2v) is 5.37. The number of hydrogen-bond acceptors (Lipinski definition) is 5. The molecule has 20 heavy (non-hydrogen) atoms. The van der Waals surface area contributed by atoms with E-state index in [9.17, 15) is 4.79 Å². The maximum atomic E-state index is 11.6. The molecule has 0 spiro atoms. The van der Waals surface area contributed by atoms with Crippen LogP contribution in [0.15, 0.2) is 6.07 Å². The minimum Gasteiger partial charge on any atom is -0.388 e. The monoisotopic (exact) mass is 293 g/mol. The van der Waals surface area contributed by atoms with Gasteiger partial charge in [0.2, 0.25) is 11.9 Å². The quantitative estimate of drug-likeness (QED) is 0.784. The van der Waals surface area contributed by atoms with Gasteiger partial charge < -0.3 is 16.0 Å². The van der Waals surface area contributed by atoms with Crippen LogP contribution in [-0.2, 0) is 4.79 Å². The van der Waals surface area contributed by atoms with Gasteiger partial charge in [-0.1, -0.05) is 12.2 Å². The minimum absolute atomic E-state index is 0.0797. The summed E-state index contributed by atoms with van der Waals surface area (Å²) in [4.78, 5) is 22.8. The van der Waals surface area contributed by atoms with Gasteiger partial charge in [0.1, 0.15) is 10.7 Å². The molecule has 1 aliphatic heterocycles. The van der Waals surface area contributed by atoms with Crippen LogP contribution in [0.5, 0.6) is 0 Å². The number of anilines is 1. The summed E-state index contributed by atoms with van der Waals surface area (Å²) in [5, 5.41) is 2.70. The van der Waals surface area contributed by atoms with Crippen LogP contribution in [-0.4, -0.2) is 41.0 Å². The third kappa shape index (κ3) is 3.22. The lowest BCUT2D eigenvalue weighted by molar-refractivity contribution is -0.125. The number of carbonyl (C=O) groups is 1. The summed E-state index contributed by atoms with van der Waals surface area (Å²) in [6, 6.07) is 1.78. The standard InChI is InChI=1S/C13H19N5OS/c1-8-7-10(11(14)20)17-13(16-8)18-5-3-9(4-6-18)12(19)15-2/h7,9H,3-6H2,1-2H3,(H2,14,20)(H,15,19). The fraction of sp³-hybridized carbons (Fsp3) is 0.538. The molecule has 1 aliphatic rings. The van der Waals surface area contributed by atoms with E-state index < -0.39 is 0 Å². The Morgan fingerprint density at radius 2 is 2.10 bits per heavy atom. The Hall–Kier alpha value is -1.76. The van der Waals surface area contributed by atoms with Crippen molar-refractivity contribution in [1.29, 1.82) is 0 Å². The van der Waals surface area contributed by atoms with Crippen LogP contribution in [0.25, 0.3) is 0 Å². The number of nitrogens with one attached hydrogen (secondary N) is 1. The topological polar surface area (TPSA) is 84.1 Å². The van der Waals surface area contributed by atoms with Gasteiger partial charge in [-0.15, -0.1) is 0 Å². The molecule has 0 bridgehead atoms. The van der Waals surface area contributed by atoms with Crippen molar-refractivity contribution in [1.82, 2.24) is 15.3 Å². The highest BCUT2D eigenvalue weighted by Crippen LogP contribution is 2.21. The van der Waals surface area contributed by atoms with E-state index in [-0.39, 0.29) is 16.8 Å². The van der Waals surface area contributed by atoms with Crippen LogP contribution in [0.2, 0.25) is 0 Å². The fourth-order valence-electron chi connectivity index (χ4n) is 2.37. The van der Waals surface area contributed by atoms with Crippen LogP contribution in [0.4, 0.5) is 5.95 Å². The van der Waals surface area contributed by atoms with E-state index in [0.29, 0.717) is 11.6 Å². The first-order chi connectivity index (χ1) is 9.51. The van der Waals surface area contributed by atoms with Gasteiger partial charge >= 0.3 is 0 Å². The van der Waals surface area contributed by atoms with Gasteiger partial charge in [-0.25, -0.2) is 9.97 Å². The van der Waals surface area contributed by atoms with Crippen molar-refractivity contribution in [3.8, 4) is 0 Å². The normalized spacial score (nSPS) is 16.0. The van der Waals surface area contributed by atoms with Crippen molar-refractivity contribution in [2.75, 3.05) is 25.0 Å². The molecule has 2 rings (SSSR count). The van der Waals surface area contributed by atoms with Gasteiger partial charge in [0.15, 0.2) is 0 Å². The zero-order chi connectivity index (χ0) is 14.7. The Kier molecular flexibility index (Phi) is 4.49. The van der Waals surface area contributed by atoms with Crippen LogP contribution >= 0.6 is 12.2 Å². The molecular formula is C13H19N5OS. The van der Waals surface area contributed by atoms with E-state index in [2.05, 4.69) is 20.2 Å². The Morgan fingerprint density at radius 1 is 1.45 bits per heavy atom. The molecule has 1 fully saturated rings. The maximum Gasteiger partial charge on any atom is 0.226 e. The van der Waals surface area contributed by atoms with Crippen LogP contribution in [0.3, 0.4) is 0 Å². The Bertz CT molecular complexity index is 525. The third-order valence-electron chi connectivity index (χ3n) is 3.49. The van der Waals surface area contributed by atoms with Crippen molar-refractivity contribution < 1.29 is 4.79 Å². The van der Waals surface area contributed by atoms with E-state index >= 15 is 0 Å². The molecule has 1 saturated heterocycles. The zero-order valence-electron chi connectivity index (χ0n) is 11.7. The summed E-state index contributed by atoms with van der Waals surface area (Å²) in [5.74, 6) is 0.831. The summed E-state index contributed by atoms with van der Waals surface area (Å²) >= 11 is 4.97. The molecule has 1 aromatic heterocycles. The number of piperidine rings is 1. The fourth-order valence-corrected chi connectivity index (χ4v) is 2.47. The van der Waals surface area contributed by atoms with Crippen molar-refractivity contribution >= 4 is 29.1 Å². The van der Waals surface area contributed by atoms with Crippen molar-refractivity contribution in [3.05, 3.63) is 17.5 Å². The highest BCUT2D eigenvalue weighted by atomic mass is 32.1. The summed E-state index contributed by atoms with van der Waals surface area (Å²) < 4.78 is 0. The molecule has 3 N–H and O–H groups in total. The van der Waals surface area contributed by atoms with Crippen molar-refractivity contribution in [3.63, 3.8) is 0 Å². The van der Waals surface area contributed by atoms with Gasteiger partial charge in [0, 0.05) is 31.7 Å². The number of nitrogens with two attached hydrogens (primary N) is 1. The minimum atomic E-state index is 0.0797. The smallest absolute Gasteiger partial charge is 0.226 e. The number of amides is 1. The lowest BCUT2D eigenvalue weighted by Crippen LogP contribution is -2.40. The Balaban J connectivity index is 2.10. The molecule has 0 saturated carbocycles. The van der Waals surface area contributed by atoms with Gasteiger partial charge in [0.05, 0.1) is 0 Å². The first-order valence-electron chi connectivity index (χ1n) is 6.63. The number of nitrogens with zero attached hydrogens (tertiary/aromatic N) is 3. The molecule has 0 radical (unpaired) electrons. The average molecular weight is 293 g/mol. The summed E-state index contributed by atoms with van der Waals surface area (Å²) in [6.45, 7) is 3.42. The SMILES string of the molecule is CNC(=O)C1CCN(c2nc(C)cc(C(N)=S)n2)CC1. The molecule has 0 aliphatic carbocycles. The molecule has 0 unspecified atom stereocenters. The second-order valence-electron chi connectivity index (χ2n) is 4.93. The van der Waals surface area contributed by atoms with E-state index in [1.807, 2.05) is 6.92 Å². The van der Waals surface area contributed by atoms with Gasteiger partial charge in [-0.3, -0.25) is 4.79 Å². The first kappa shape index (κ1) is 14.6. The Morgan fingerprint density at radius 3 is 2.65 bits per heavy atom. The van der Waals surface area contributed by atoms with E-state index in [1.54, 1.807) is 13.1 Å². The van der Waals surface area contributed by atoms with Crippen LogP contribution in [0, 0.1) is 12.8 Å². The van der Waals surface area contributed by atoms with E-state index in [4.69, 9.17) is 18.0 Å². The Labute approximate surface area is 123 Å². The van der Waals surface area contributed by atoms with Gasteiger partial charge in [0.25, 0.3) is 0 Å². The second kappa shape index (κ2) is 6.13. The molecular weight excluding hydrogens is 274 g/mol. The molecule has 0 aromatic carbocycles. The molecule has 1 amide bonds. The lowest BCUT2D eigenvalue weighted by Gasteiger charge is -2.31. The molecule has 1 aromatic rings. The number of rotatable bonds is 3. The number of thiocarbonyl (C=S) groups is 1. The van der Waals surface area contributed by atoms with Crippen LogP contribution in [0.1, 0.15) is 24.2 Å². The highest BCUT2D eigenvalue weighted by Gasteiger charge is 2.25. The van der Waals surface area contributed by atoms with Gasteiger partial charge in [-0.05, 0) is 25.8 Å². The lowest BCUT2D eigenvalue weighted by atomic mass is 9.96. The number of aryl methyl sites for hydroxylation is 1. The van der Waals surface area contributed by atoms with E-state index in [0.717, 1.165) is 31.6 Å². The maximum absolute atomic E-state index is 11.6. The van der Waals surface area contributed by atoms with Crippen molar-refractivity contribution in [2.24, 2.45) is 11.7 Å². The number of aromatic nitrogens is 2. The largest absolute Gasteiger partial charge is 0.388 e. The number of hydrogen-bond donors (Lipinski definition) is 2. The first-order valence-corrected chi connectivity index (χ1v) is 7.04.